The highest BCUT2D eigenvalue weighted by molar-refractivity contribution is 7.13. The summed E-state index contributed by atoms with van der Waals surface area (Å²) < 4.78 is 16.3. The maximum Gasteiger partial charge on any atom is 0.257 e. The number of halogens is 1. The van der Waals surface area contributed by atoms with Gasteiger partial charge in [-0.2, -0.15) is 0 Å². The number of nitrogens with one attached hydrogen (secondary N) is 1. The number of anilines is 1. The van der Waals surface area contributed by atoms with Crippen LogP contribution in [-0.4, -0.2) is 24.4 Å². The zero-order valence-corrected chi connectivity index (χ0v) is 14.9. The van der Waals surface area contributed by atoms with Crippen LogP contribution in [0.2, 0.25) is 5.02 Å². The minimum absolute atomic E-state index is 0.218. The molecule has 0 aliphatic carbocycles. The van der Waals surface area contributed by atoms with E-state index in [0.29, 0.717) is 34.0 Å². The number of thiophene rings is 1. The van der Waals surface area contributed by atoms with Gasteiger partial charge in [0.1, 0.15) is 17.5 Å². The van der Waals surface area contributed by atoms with Crippen LogP contribution in [0.4, 0.5) is 5.69 Å². The summed E-state index contributed by atoms with van der Waals surface area (Å²) >= 11 is 7.74. The van der Waals surface area contributed by atoms with Crippen molar-refractivity contribution >= 4 is 28.6 Å². The second kappa shape index (κ2) is 7.11. The van der Waals surface area contributed by atoms with Crippen LogP contribution >= 0.6 is 22.9 Å². The van der Waals surface area contributed by atoms with Gasteiger partial charge in [0.2, 0.25) is 5.89 Å². The van der Waals surface area contributed by atoms with E-state index in [0.717, 1.165) is 4.88 Å². The summed E-state index contributed by atoms with van der Waals surface area (Å²) in [5.41, 5.74) is 0.715. The van der Waals surface area contributed by atoms with Crippen molar-refractivity contribution in [1.82, 2.24) is 10.2 Å². The van der Waals surface area contributed by atoms with E-state index in [9.17, 15) is 0 Å². The molecule has 0 aliphatic rings. The average Bonchev–Trinajstić information content (AvgIpc) is 3.26. The number of hydrogen-bond donors (Lipinski definition) is 1. The second-order valence-electron chi connectivity index (χ2n) is 4.98. The van der Waals surface area contributed by atoms with Gasteiger partial charge in [0.15, 0.2) is 0 Å². The van der Waals surface area contributed by atoms with Gasteiger partial charge in [0.25, 0.3) is 5.89 Å². The number of aromatic nitrogens is 2. The Morgan fingerprint density at radius 1 is 1.21 bits per heavy atom. The summed E-state index contributed by atoms with van der Waals surface area (Å²) in [5.74, 6) is 2.14. The van der Waals surface area contributed by atoms with Gasteiger partial charge in [-0.3, -0.25) is 0 Å². The van der Waals surface area contributed by atoms with Crippen molar-refractivity contribution in [2.24, 2.45) is 0 Å². The number of rotatable bonds is 6. The summed E-state index contributed by atoms with van der Waals surface area (Å²) in [5, 5.41) is 13.9. The molecular formula is C16H16ClN3O3S. The fourth-order valence-electron chi connectivity index (χ4n) is 2.18. The largest absolute Gasteiger partial charge is 0.495 e. The molecule has 0 aliphatic heterocycles. The Morgan fingerprint density at radius 2 is 2.00 bits per heavy atom. The van der Waals surface area contributed by atoms with Gasteiger partial charge >= 0.3 is 0 Å². The van der Waals surface area contributed by atoms with E-state index in [-0.39, 0.29) is 6.04 Å². The molecule has 0 fully saturated rings. The SMILES string of the molecule is COc1cc(OC)c(NC(C)c2nnc(-c3cccs3)o2)cc1Cl. The highest BCUT2D eigenvalue weighted by atomic mass is 35.5. The highest BCUT2D eigenvalue weighted by Crippen LogP contribution is 2.37. The third-order valence-corrected chi connectivity index (χ3v) is 4.54. The van der Waals surface area contributed by atoms with Crippen LogP contribution < -0.4 is 14.8 Å². The third kappa shape index (κ3) is 3.32. The monoisotopic (exact) mass is 365 g/mol. The zero-order valence-electron chi connectivity index (χ0n) is 13.4. The maximum atomic E-state index is 6.19. The molecule has 24 heavy (non-hydrogen) atoms. The molecule has 0 amide bonds. The Bertz CT molecular complexity index is 820. The van der Waals surface area contributed by atoms with Crippen LogP contribution in [0.5, 0.6) is 11.5 Å². The summed E-state index contributed by atoms with van der Waals surface area (Å²) in [6.07, 6.45) is 0. The van der Waals surface area contributed by atoms with Crippen molar-refractivity contribution in [3.63, 3.8) is 0 Å². The van der Waals surface area contributed by atoms with Crippen molar-refractivity contribution in [3.8, 4) is 22.3 Å². The molecule has 0 saturated carbocycles. The molecule has 1 aromatic carbocycles. The van der Waals surface area contributed by atoms with Gasteiger partial charge in [-0.05, 0) is 24.4 Å². The molecule has 6 nitrogen and oxygen atoms in total. The smallest absolute Gasteiger partial charge is 0.257 e. The first kappa shape index (κ1) is 16.6. The number of nitrogens with zero attached hydrogens (tertiary/aromatic N) is 2. The summed E-state index contributed by atoms with van der Waals surface area (Å²) in [6, 6.07) is 7.13. The first-order valence-corrected chi connectivity index (χ1v) is 8.43. The summed E-state index contributed by atoms with van der Waals surface area (Å²) in [4.78, 5) is 0.936. The molecule has 1 unspecified atom stereocenters. The molecule has 0 saturated heterocycles. The molecule has 1 atom stereocenters. The predicted octanol–water partition coefficient (Wildman–Crippen LogP) is 4.64. The number of hydrogen-bond acceptors (Lipinski definition) is 7. The summed E-state index contributed by atoms with van der Waals surface area (Å²) in [6.45, 7) is 1.92. The van der Waals surface area contributed by atoms with Gasteiger partial charge in [-0.25, -0.2) is 0 Å². The molecular weight excluding hydrogens is 350 g/mol. The van der Waals surface area contributed by atoms with Gasteiger partial charge in [-0.15, -0.1) is 21.5 Å². The van der Waals surface area contributed by atoms with Crippen molar-refractivity contribution in [3.05, 3.63) is 40.6 Å². The van der Waals surface area contributed by atoms with E-state index in [1.54, 1.807) is 37.7 Å². The van der Waals surface area contributed by atoms with Crippen LogP contribution in [0.1, 0.15) is 18.9 Å². The molecule has 3 rings (SSSR count). The van der Waals surface area contributed by atoms with Crippen molar-refractivity contribution < 1.29 is 13.9 Å². The van der Waals surface area contributed by atoms with Gasteiger partial charge < -0.3 is 19.2 Å². The lowest BCUT2D eigenvalue weighted by Crippen LogP contribution is -2.08. The van der Waals surface area contributed by atoms with Crippen LogP contribution in [0, 0.1) is 0 Å². The number of benzene rings is 1. The Morgan fingerprint density at radius 3 is 2.67 bits per heavy atom. The lowest BCUT2D eigenvalue weighted by Gasteiger charge is -2.16. The van der Waals surface area contributed by atoms with E-state index >= 15 is 0 Å². The first-order valence-electron chi connectivity index (χ1n) is 7.17. The Labute approximate surface area is 148 Å². The van der Waals surface area contributed by atoms with E-state index in [1.807, 2.05) is 24.4 Å². The minimum Gasteiger partial charge on any atom is -0.495 e. The van der Waals surface area contributed by atoms with E-state index < -0.39 is 0 Å². The molecule has 8 heteroatoms. The van der Waals surface area contributed by atoms with Crippen molar-refractivity contribution in [1.29, 1.82) is 0 Å². The predicted molar refractivity (Wildman–Crippen MR) is 94.2 cm³/mol. The van der Waals surface area contributed by atoms with E-state index in [1.165, 1.54) is 0 Å². The van der Waals surface area contributed by atoms with Gasteiger partial charge in [-0.1, -0.05) is 17.7 Å². The number of methoxy groups -OCH3 is 2. The average molecular weight is 366 g/mol. The van der Waals surface area contributed by atoms with Crippen LogP contribution in [-0.2, 0) is 0 Å². The van der Waals surface area contributed by atoms with Gasteiger partial charge in [0.05, 0.1) is 29.8 Å². The fourth-order valence-corrected chi connectivity index (χ4v) is 3.06. The fraction of sp³-hybridized carbons (Fsp3) is 0.250. The van der Waals surface area contributed by atoms with E-state index in [2.05, 4.69) is 15.5 Å². The molecule has 0 bridgehead atoms. The Balaban J connectivity index is 1.82. The van der Waals surface area contributed by atoms with Crippen LogP contribution in [0.15, 0.2) is 34.1 Å². The molecule has 0 spiro atoms. The quantitative estimate of drug-likeness (QED) is 0.686. The molecule has 126 valence electrons. The van der Waals surface area contributed by atoms with E-state index in [4.69, 9.17) is 25.5 Å². The second-order valence-corrected chi connectivity index (χ2v) is 6.33. The Kier molecular flexibility index (Phi) is 4.92. The number of ether oxygens (including phenoxy) is 2. The van der Waals surface area contributed by atoms with Crippen molar-refractivity contribution in [2.45, 2.75) is 13.0 Å². The normalized spacial score (nSPS) is 12.0. The van der Waals surface area contributed by atoms with Crippen molar-refractivity contribution in [2.75, 3.05) is 19.5 Å². The van der Waals surface area contributed by atoms with Crippen LogP contribution in [0.25, 0.3) is 10.8 Å². The molecule has 2 heterocycles. The van der Waals surface area contributed by atoms with Crippen LogP contribution in [0.3, 0.4) is 0 Å². The topological polar surface area (TPSA) is 69.4 Å². The third-order valence-electron chi connectivity index (χ3n) is 3.39. The summed E-state index contributed by atoms with van der Waals surface area (Å²) in [7, 11) is 3.14. The first-order chi connectivity index (χ1) is 11.6. The lowest BCUT2D eigenvalue weighted by atomic mass is 10.2. The minimum atomic E-state index is -0.218. The maximum absolute atomic E-state index is 6.19. The molecule has 3 aromatic rings. The molecule has 0 radical (unpaired) electrons. The highest BCUT2D eigenvalue weighted by Gasteiger charge is 2.18. The zero-order chi connectivity index (χ0) is 17.1. The standard InChI is InChI=1S/C16H16ClN3O3S/c1-9(15-19-20-16(23-15)14-5-4-6-24-14)18-11-7-10(17)12(21-2)8-13(11)22-3/h4-9,18H,1-3H3. The molecule has 1 N–H and O–H groups in total. The van der Waals surface area contributed by atoms with Gasteiger partial charge in [0, 0.05) is 6.07 Å². The molecule has 2 aromatic heterocycles. The Hall–Kier alpha value is -2.25. The lowest BCUT2D eigenvalue weighted by molar-refractivity contribution is 0.395.